The maximum absolute atomic E-state index is 6.79. The second-order valence-electron chi connectivity index (χ2n) is 16.4. The van der Waals surface area contributed by atoms with E-state index in [1.807, 2.05) is 47.7 Å². The monoisotopic (exact) mass is 833 g/mol. The van der Waals surface area contributed by atoms with Gasteiger partial charge in [0.05, 0.1) is 11.2 Å². The van der Waals surface area contributed by atoms with Crippen LogP contribution in [0.3, 0.4) is 0 Å². The fourth-order valence-electron chi connectivity index (χ4n) is 8.34. The van der Waals surface area contributed by atoms with Gasteiger partial charge in [-0.3, -0.25) is 0 Å². The van der Waals surface area contributed by atoms with Crippen molar-refractivity contribution in [3.05, 3.63) is 157 Å². The summed E-state index contributed by atoms with van der Waals surface area (Å²) in [7, 11) is -0.424. The van der Waals surface area contributed by atoms with Crippen molar-refractivity contribution in [3.8, 4) is 56.2 Å². The largest absolute Gasteiger partial charge is 0.494 e. The predicted molar refractivity (Wildman–Crippen MR) is 254 cm³/mol. The molecule has 0 saturated carbocycles. The molecule has 0 spiro atoms. The summed E-state index contributed by atoms with van der Waals surface area (Å²) in [5, 5.41) is 4.95. The molecule has 0 unspecified atom stereocenters. The van der Waals surface area contributed by atoms with Crippen LogP contribution in [0.2, 0.25) is 5.28 Å². The molecule has 0 aliphatic carbocycles. The highest BCUT2D eigenvalue weighted by Gasteiger charge is 2.51. The lowest BCUT2D eigenvalue weighted by atomic mass is 9.78. The Bertz CT molecular complexity index is 3310. The molecular formula is C51H37BClN3O2S2. The lowest BCUT2D eigenvalue weighted by Crippen LogP contribution is -2.41. The van der Waals surface area contributed by atoms with Gasteiger partial charge in [0, 0.05) is 51.5 Å². The molecule has 0 bridgehead atoms. The van der Waals surface area contributed by atoms with Gasteiger partial charge in [-0.05, 0) is 108 Å². The average Bonchev–Trinajstić information content (AvgIpc) is 3.90. The SMILES string of the molecule is CC1(C)OB(c2cccc(-c3cccc4c3sc3ccc(-c5cc(-c6nc(Cl)nc(-c7ccccc7-c7ccccc7)n6)c6sc7ccccc7c6c5)cc34)c2)OC1(C)C. The fourth-order valence-corrected chi connectivity index (χ4v) is 10.9. The van der Waals surface area contributed by atoms with E-state index in [1.54, 1.807) is 11.3 Å². The lowest BCUT2D eigenvalue weighted by Gasteiger charge is -2.32. The smallest absolute Gasteiger partial charge is 0.399 e. The average molecular weight is 834 g/mol. The first kappa shape index (κ1) is 37.3. The zero-order chi connectivity index (χ0) is 40.8. The molecule has 1 aliphatic heterocycles. The lowest BCUT2D eigenvalue weighted by molar-refractivity contribution is 0.00578. The van der Waals surface area contributed by atoms with Gasteiger partial charge in [-0.25, -0.2) is 4.98 Å². The van der Waals surface area contributed by atoms with Crippen molar-refractivity contribution < 1.29 is 9.31 Å². The minimum Gasteiger partial charge on any atom is -0.399 e. The zero-order valence-corrected chi connectivity index (χ0v) is 35.8. The molecular weight excluding hydrogens is 797 g/mol. The number of thiophene rings is 2. The van der Waals surface area contributed by atoms with Crippen LogP contribution in [0.5, 0.6) is 0 Å². The summed E-state index contributed by atoms with van der Waals surface area (Å²) in [6.45, 7) is 8.37. The Labute approximate surface area is 361 Å². The molecule has 1 aliphatic rings. The van der Waals surface area contributed by atoms with Crippen LogP contribution in [-0.4, -0.2) is 33.3 Å². The third-order valence-corrected chi connectivity index (χ3v) is 14.7. The number of fused-ring (bicyclic) bond motifs is 6. The van der Waals surface area contributed by atoms with E-state index in [4.69, 9.17) is 30.9 Å². The highest BCUT2D eigenvalue weighted by Crippen LogP contribution is 2.45. The molecule has 290 valence electrons. The van der Waals surface area contributed by atoms with Gasteiger partial charge in [-0.1, -0.05) is 121 Å². The molecule has 3 aromatic heterocycles. The molecule has 0 atom stereocenters. The van der Waals surface area contributed by atoms with Crippen molar-refractivity contribution in [1.82, 2.24) is 15.0 Å². The van der Waals surface area contributed by atoms with Crippen LogP contribution in [0, 0.1) is 0 Å². The van der Waals surface area contributed by atoms with Crippen LogP contribution in [0.4, 0.5) is 0 Å². The first-order valence-electron chi connectivity index (χ1n) is 20.0. The normalized spacial score (nSPS) is 14.8. The summed E-state index contributed by atoms with van der Waals surface area (Å²) < 4.78 is 17.7. The van der Waals surface area contributed by atoms with Crippen molar-refractivity contribution in [2.24, 2.45) is 0 Å². The van der Waals surface area contributed by atoms with E-state index in [0.717, 1.165) is 54.5 Å². The van der Waals surface area contributed by atoms with Crippen molar-refractivity contribution in [3.63, 3.8) is 0 Å². The minimum absolute atomic E-state index is 0.154. The highest BCUT2D eigenvalue weighted by atomic mass is 35.5. The maximum Gasteiger partial charge on any atom is 0.494 e. The van der Waals surface area contributed by atoms with Gasteiger partial charge in [-0.15, -0.1) is 22.7 Å². The minimum atomic E-state index is -0.424. The number of rotatable bonds is 6. The molecule has 4 heterocycles. The van der Waals surface area contributed by atoms with Gasteiger partial charge in [0.1, 0.15) is 0 Å². The Kier molecular flexibility index (Phi) is 8.82. The third kappa shape index (κ3) is 6.25. The molecule has 60 heavy (non-hydrogen) atoms. The van der Waals surface area contributed by atoms with Crippen LogP contribution in [-0.2, 0) is 9.31 Å². The van der Waals surface area contributed by atoms with Crippen molar-refractivity contribution >= 4 is 87.2 Å². The number of hydrogen-bond donors (Lipinski definition) is 0. The van der Waals surface area contributed by atoms with E-state index >= 15 is 0 Å². The second kappa shape index (κ2) is 14.2. The third-order valence-electron chi connectivity index (χ3n) is 12.1. The van der Waals surface area contributed by atoms with Gasteiger partial charge >= 0.3 is 7.12 Å². The first-order chi connectivity index (χ1) is 29.1. The van der Waals surface area contributed by atoms with Gasteiger partial charge in [0.25, 0.3) is 0 Å². The standard InChI is InChI=1S/C51H37BClN3O2S2/c1-50(2)51(3,4)58-52(57-50)34-17-12-16-32(26-34)36-21-13-22-38-40-27-31(24-25-44(40)60-45(36)38)33-28-41-37-19-10-11-23-43(37)59-46(41)42(29-33)48-54-47(55-49(53)56-48)39-20-9-8-18-35(39)30-14-6-5-7-15-30/h5-29H,1-4H3. The van der Waals surface area contributed by atoms with Crippen molar-refractivity contribution in [1.29, 1.82) is 0 Å². The Morgan fingerprint density at radius 3 is 1.85 bits per heavy atom. The fraction of sp³-hybridized carbons (Fsp3) is 0.118. The van der Waals surface area contributed by atoms with Gasteiger partial charge < -0.3 is 9.31 Å². The first-order valence-corrected chi connectivity index (χ1v) is 22.0. The van der Waals surface area contributed by atoms with Gasteiger partial charge in [-0.2, -0.15) is 9.97 Å². The van der Waals surface area contributed by atoms with E-state index in [2.05, 4.69) is 148 Å². The molecule has 7 aromatic carbocycles. The number of benzene rings is 7. The van der Waals surface area contributed by atoms with Crippen LogP contribution in [0.25, 0.3) is 96.5 Å². The maximum atomic E-state index is 6.79. The predicted octanol–water partition coefficient (Wildman–Crippen LogP) is 13.9. The Balaban J connectivity index is 1.04. The van der Waals surface area contributed by atoms with Crippen LogP contribution in [0.15, 0.2) is 152 Å². The number of hydrogen-bond acceptors (Lipinski definition) is 7. The summed E-state index contributed by atoms with van der Waals surface area (Å²) in [5.41, 5.74) is 8.66. The molecule has 1 fully saturated rings. The summed E-state index contributed by atoms with van der Waals surface area (Å²) in [6.07, 6.45) is 0. The molecule has 0 amide bonds. The Morgan fingerprint density at radius 2 is 1.05 bits per heavy atom. The summed E-state index contributed by atoms with van der Waals surface area (Å²) >= 11 is 10.4. The van der Waals surface area contributed by atoms with E-state index in [0.29, 0.717) is 11.6 Å². The molecule has 10 aromatic rings. The Morgan fingerprint density at radius 1 is 0.450 bits per heavy atom. The zero-order valence-electron chi connectivity index (χ0n) is 33.4. The van der Waals surface area contributed by atoms with Crippen molar-refractivity contribution in [2.75, 3.05) is 0 Å². The molecule has 1 saturated heterocycles. The van der Waals surface area contributed by atoms with Crippen molar-refractivity contribution in [2.45, 2.75) is 38.9 Å². The van der Waals surface area contributed by atoms with Crippen LogP contribution in [0.1, 0.15) is 27.7 Å². The Hall–Kier alpha value is -5.74. The molecule has 11 rings (SSSR count). The molecule has 0 radical (unpaired) electrons. The van der Waals surface area contributed by atoms with E-state index in [1.165, 1.54) is 35.8 Å². The number of nitrogens with zero attached hydrogens (tertiary/aromatic N) is 3. The van der Waals surface area contributed by atoms with E-state index < -0.39 is 18.3 Å². The van der Waals surface area contributed by atoms with Gasteiger partial charge in [0.15, 0.2) is 11.6 Å². The molecule has 9 heteroatoms. The quantitative estimate of drug-likeness (QED) is 0.156. The molecule has 5 nitrogen and oxygen atoms in total. The van der Waals surface area contributed by atoms with E-state index in [-0.39, 0.29) is 5.28 Å². The highest BCUT2D eigenvalue weighted by molar-refractivity contribution is 7.26. The second-order valence-corrected chi connectivity index (χ2v) is 18.8. The summed E-state index contributed by atoms with van der Waals surface area (Å²) in [4.78, 5) is 14.6. The number of aromatic nitrogens is 3. The molecule has 0 N–H and O–H groups in total. The summed E-state index contributed by atoms with van der Waals surface area (Å²) in [6, 6.07) is 53.6. The van der Waals surface area contributed by atoms with Crippen LogP contribution < -0.4 is 5.46 Å². The van der Waals surface area contributed by atoms with Crippen LogP contribution >= 0.6 is 34.3 Å². The summed E-state index contributed by atoms with van der Waals surface area (Å²) in [5.74, 6) is 1.08. The topological polar surface area (TPSA) is 57.1 Å². The number of halogens is 1. The van der Waals surface area contributed by atoms with E-state index in [9.17, 15) is 0 Å². The van der Waals surface area contributed by atoms with Gasteiger partial charge in [0.2, 0.25) is 5.28 Å².